The third-order valence-corrected chi connectivity index (χ3v) is 4.11. The highest BCUT2D eigenvalue weighted by Gasteiger charge is 2.24. The van der Waals surface area contributed by atoms with E-state index in [1.165, 1.54) is 0 Å². The molecule has 0 saturated carbocycles. The van der Waals surface area contributed by atoms with Gasteiger partial charge in [0.15, 0.2) is 5.96 Å². The van der Waals surface area contributed by atoms with Gasteiger partial charge in [-0.05, 0) is 30.0 Å². The molecule has 0 spiro atoms. The summed E-state index contributed by atoms with van der Waals surface area (Å²) in [5.74, 6) is -0.210. The molecule has 5 N–H and O–H groups in total. The van der Waals surface area contributed by atoms with Crippen LogP contribution >= 0.6 is 0 Å². The minimum absolute atomic E-state index is 0.0178. The van der Waals surface area contributed by atoms with Crippen molar-refractivity contribution < 1.29 is 14.3 Å². The molecule has 1 rings (SSSR count). The van der Waals surface area contributed by atoms with E-state index < -0.39 is 5.91 Å². The molecule has 1 aromatic carbocycles. The van der Waals surface area contributed by atoms with E-state index in [1.54, 1.807) is 19.2 Å². The molecule has 0 saturated heterocycles. The molecule has 0 aromatic heterocycles. The first-order chi connectivity index (χ1) is 13.2. The van der Waals surface area contributed by atoms with Crippen LogP contribution < -0.4 is 21.7 Å². The standard InChI is InChI=1S/C20H33N5O3/c1-6-22-19(25-12-16(28-5)20(2,3)4)24-11-14-7-9-15(10-8-14)18(27)23-13-17(21)26/h7-10,16H,6,11-13H2,1-5H3,(H2,21,26)(H,23,27)(H2,22,24,25). The first-order valence-electron chi connectivity index (χ1n) is 9.37. The highest BCUT2D eigenvalue weighted by Crippen LogP contribution is 2.20. The predicted molar refractivity (Wildman–Crippen MR) is 111 cm³/mol. The van der Waals surface area contributed by atoms with Crippen LogP contribution in [0, 0.1) is 5.41 Å². The summed E-state index contributed by atoms with van der Waals surface area (Å²) < 4.78 is 5.56. The minimum atomic E-state index is -0.579. The summed E-state index contributed by atoms with van der Waals surface area (Å²) in [6.07, 6.45) is 0.0505. The number of primary amides is 1. The van der Waals surface area contributed by atoms with Gasteiger partial charge < -0.3 is 26.4 Å². The molecule has 0 aliphatic heterocycles. The van der Waals surface area contributed by atoms with Gasteiger partial charge in [-0.3, -0.25) is 9.59 Å². The number of amides is 2. The van der Waals surface area contributed by atoms with Crippen LogP contribution in [0.5, 0.6) is 0 Å². The number of hydrogen-bond donors (Lipinski definition) is 4. The lowest BCUT2D eigenvalue weighted by atomic mass is 9.89. The summed E-state index contributed by atoms with van der Waals surface area (Å²) >= 11 is 0. The number of nitrogens with one attached hydrogen (secondary N) is 3. The summed E-state index contributed by atoms with van der Waals surface area (Å²) in [4.78, 5) is 27.2. The van der Waals surface area contributed by atoms with Gasteiger partial charge in [0.05, 0.1) is 19.2 Å². The number of carbonyl (C=O) groups excluding carboxylic acids is 2. The molecule has 0 fully saturated rings. The second-order valence-electron chi connectivity index (χ2n) is 7.51. The van der Waals surface area contributed by atoms with Crippen LogP contribution in [0.3, 0.4) is 0 Å². The molecular weight excluding hydrogens is 358 g/mol. The van der Waals surface area contributed by atoms with Crippen molar-refractivity contribution in [3.8, 4) is 0 Å². The Hall–Kier alpha value is -2.61. The van der Waals surface area contributed by atoms with Crippen molar-refractivity contribution >= 4 is 17.8 Å². The Morgan fingerprint density at radius 1 is 1.14 bits per heavy atom. The number of benzene rings is 1. The topological polar surface area (TPSA) is 118 Å². The number of carbonyl (C=O) groups is 2. The summed E-state index contributed by atoms with van der Waals surface area (Å²) in [6.45, 7) is 10.1. The number of aliphatic imine (C=N–C) groups is 1. The van der Waals surface area contributed by atoms with Gasteiger partial charge in [0, 0.05) is 25.8 Å². The van der Waals surface area contributed by atoms with Crippen LogP contribution in [0.15, 0.2) is 29.3 Å². The number of nitrogens with zero attached hydrogens (tertiary/aromatic N) is 1. The van der Waals surface area contributed by atoms with E-state index in [1.807, 2.05) is 19.1 Å². The number of methoxy groups -OCH3 is 1. The Morgan fingerprint density at radius 3 is 2.29 bits per heavy atom. The third kappa shape index (κ3) is 8.39. The van der Waals surface area contributed by atoms with Crippen molar-refractivity contribution in [1.29, 1.82) is 0 Å². The molecule has 8 nitrogen and oxygen atoms in total. The Balaban J connectivity index is 2.69. The van der Waals surface area contributed by atoms with E-state index in [9.17, 15) is 9.59 Å². The zero-order valence-electron chi connectivity index (χ0n) is 17.5. The number of ether oxygens (including phenoxy) is 1. The van der Waals surface area contributed by atoms with Crippen molar-refractivity contribution in [1.82, 2.24) is 16.0 Å². The van der Waals surface area contributed by atoms with Gasteiger partial charge in [0.2, 0.25) is 5.91 Å². The molecule has 0 bridgehead atoms. The zero-order valence-corrected chi connectivity index (χ0v) is 17.5. The Morgan fingerprint density at radius 2 is 1.79 bits per heavy atom. The van der Waals surface area contributed by atoms with E-state index in [0.717, 1.165) is 12.1 Å². The lowest BCUT2D eigenvalue weighted by Crippen LogP contribution is -2.45. The Kier molecular flexibility index (Phi) is 9.44. The number of hydrogen-bond acceptors (Lipinski definition) is 4. The van der Waals surface area contributed by atoms with Gasteiger partial charge in [-0.1, -0.05) is 32.9 Å². The first-order valence-corrected chi connectivity index (χ1v) is 9.37. The molecule has 156 valence electrons. The summed E-state index contributed by atoms with van der Waals surface area (Å²) in [5, 5.41) is 8.98. The van der Waals surface area contributed by atoms with E-state index in [0.29, 0.717) is 24.6 Å². The molecule has 0 heterocycles. The second kappa shape index (κ2) is 11.3. The second-order valence-corrected chi connectivity index (χ2v) is 7.51. The average molecular weight is 392 g/mol. The fourth-order valence-electron chi connectivity index (χ4n) is 2.48. The van der Waals surface area contributed by atoms with Gasteiger partial charge in [-0.25, -0.2) is 4.99 Å². The van der Waals surface area contributed by atoms with Gasteiger partial charge in [0.1, 0.15) is 0 Å². The van der Waals surface area contributed by atoms with Crippen LogP contribution in [0.4, 0.5) is 0 Å². The average Bonchev–Trinajstić information content (AvgIpc) is 2.63. The van der Waals surface area contributed by atoms with E-state index in [2.05, 4.69) is 41.7 Å². The van der Waals surface area contributed by atoms with Gasteiger partial charge >= 0.3 is 0 Å². The SMILES string of the molecule is CCNC(=NCc1ccc(C(=O)NCC(N)=O)cc1)NCC(OC)C(C)(C)C. The maximum absolute atomic E-state index is 11.9. The molecule has 2 amide bonds. The van der Waals surface area contributed by atoms with Crippen molar-refractivity contribution in [2.75, 3.05) is 26.7 Å². The van der Waals surface area contributed by atoms with Crippen LogP contribution in [0.2, 0.25) is 0 Å². The van der Waals surface area contributed by atoms with Crippen molar-refractivity contribution in [3.63, 3.8) is 0 Å². The Bertz CT molecular complexity index is 665. The fourth-order valence-corrected chi connectivity index (χ4v) is 2.48. The number of guanidine groups is 1. The molecule has 0 aliphatic rings. The van der Waals surface area contributed by atoms with E-state index in [4.69, 9.17) is 10.5 Å². The maximum Gasteiger partial charge on any atom is 0.251 e. The fraction of sp³-hybridized carbons (Fsp3) is 0.550. The van der Waals surface area contributed by atoms with Crippen LogP contribution in [0.1, 0.15) is 43.6 Å². The van der Waals surface area contributed by atoms with Crippen LogP contribution in [-0.2, 0) is 16.1 Å². The molecule has 0 aliphatic carbocycles. The summed E-state index contributed by atoms with van der Waals surface area (Å²) in [5.41, 5.74) is 6.47. The molecule has 0 radical (unpaired) electrons. The van der Waals surface area contributed by atoms with Gasteiger partial charge in [0.25, 0.3) is 5.91 Å². The third-order valence-electron chi connectivity index (χ3n) is 4.11. The molecule has 28 heavy (non-hydrogen) atoms. The van der Waals surface area contributed by atoms with E-state index >= 15 is 0 Å². The van der Waals surface area contributed by atoms with Crippen LogP contribution in [0.25, 0.3) is 0 Å². The van der Waals surface area contributed by atoms with E-state index in [-0.39, 0.29) is 24.0 Å². The summed E-state index contributed by atoms with van der Waals surface area (Å²) in [7, 11) is 1.71. The van der Waals surface area contributed by atoms with Crippen LogP contribution in [-0.4, -0.2) is 50.6 Å². The first kappa shape index (κ1) is 23.4. The quantitative estimate of drug-likeness (QED) is 0.370. The molecule has 1 aromatic rings. The van der Waals surface area contributed by atoms with Crippen molar-refractivity contribution in [3.05, 3.63) is 35.4 Å². The highest BCUT2D eigenvalue weighted by atomic mass is 16.5. The van der Waals surface area contributed by atoms with Crippen molar-refractivity contribution in [2.24, 2.45) is 16.1 Å². The molecule has 8 heteroatoms. The largest absolute Gasteiger partial charge is 0.379 e. The monoisotopic (exact) mass is 391 g/mol. The molecular formula is C20H33N5O3. The van der Waals surface area contributed by atoms with Crippen molar-refractivity contribution in [2.45, 2.75) is 40.3 Å². The predicted octanol–water partition coefficient (Wildman–Crippen LogP) is 1.02. The van der Waals surface area contributed by atoms with Gasteiger partial charge in [-0.2, -0.15) is 0 Å². The Labute approximate surface area is 167 Å². The highest BCUT2D eigenvalue weighted by molar-refractivity contribution is 5.96. The minimum Gasteiger partial charge on any atom is -0.379 e. The normalized spacial score (nSPS) is 13.0. The zero-order chi connectivity index (χ0) is 21.2. The lowest BCUT2D eigenvalue weighted by Gasteiger charge is -2.30. The smallest absolute Gasteiger partial charge is 0.251 e. The summed E-state index contributed by atoms with van der Waals surface area (Å²) in [6, 6.07) is 7.06. The molecule has 1 unspecified atom stereocenters. The van der Waals surface area contributed by atoms with Gasteiger partial charge in [-0.15, -0.1) is 0 Å². The maximum atomic E-state index is 11.9. The lowest BCUT2D eigenvalue weighted by molar-refractivity contribution is -0.117. The number of nitrogens with two attached hydrogens (primary N) is 1. The number of rotatable bonds is 9. The molecule has 1 atom stereocenters.